The number of rotatable bonds is 33. The van der Waals surface area contributed by atoms with Crippen LogP contribution in [0.25, 0.3) is 0 Å². The molecule has 12 N–H and O–H groups in total. The van der Waals surface area contributed by atoms with Crippen molar-refractivity contribution in [2.45, 2.75) is 655 Å². The largest absolute Gasteiger partial charge is 0.312 e. The maximum atomic E-state index is 12.9. The van der Waals surface area contributed by atoms with Crippen molar-refractivity contribution >= 4 is 0 Å². The van der Waals surface area contributed by atoms with Crippen molar-refractivity contribution in [3.8, 4) is 0 Å². The van der Waals surface area contributed by atoms with Crippen LogP contribution in [0.2, 0.25) is 0 Å². The molecule has 11 atom stereocenters. The first-order valence-electron chi connectivity index (χ1n) is 53.7. The highest BCUT2D eigenvalue weighted by molar-refractivity contribution is 5.17. The average Bonchev–Trinajstić information content (AvgIpc) is 1.54. The fraction of sp³-hybridized carbons (Fsp3) is 1.00. The lowest BCUT2D eigenvalue weighted by molar-refractivity contribution is -0.0543. The lowest BCUT2D eigenvalue weighted by Gasteiger charge is -2.44. The van der Waals surface area contributed by atoms with E-state index in [1.165, 1.54) is 109 Å². The predicted octanol–water partition coefficient (Wildman–Crippen LogP) is 28.9. The monoisotopic (exact) mass is 1830 g/mol. The number of fused-ring (bicyclic) bond motifs is 2. The fourth-order valence-electron chi connectivity index (χ4n) is 20.4. The van der Waals surface area contributed by atoms with Crippen LogP contribution in [0.4, 0.5) is 17.6 Å². The zero-order valence-corrected chi connectivity index (χ0v) is 95.9. The summed E-state index contributed by atoms with van der Waals surface area (Å²) in [5, 5.41) is 42.2. The SMILES string of the molecule is CC(C)CC(C)(C)NC(C)C.CC(C)NC(C)(C)C1CC1.CC(C)NC(C)C(C)(C)C.CC(C)NC(C)C(C)C.CC(C)NC(C)C1(C)CCC1.CC(C)NC(C)C1CCC1.CC(C)NC(C)CC(C)(C)C.CC(C)NC1(C)CC2C(C1)C2(F)F.CC(C)NC1(C)CC2CC2C1.CC(C)NC1(C)CCC(F)(F)CC1.CC(C)NC1(C)CCC1.CCC(C)C(C)NC(C)C. The average molecular weight is 1830 g/mol. The molecule has 0 amide bonds. The van der Waals surface area contributed by atoms with E-state index >= 15 is 0 Å². The Hall–Kier alpha value is -0.760. The molecule has 9 aliphatic carbocycles. The number of halogens is 4. The van der Waals surface area contributed by atoms with Crippen molar-refractivity contribution in [3.05, 3.63) is 0 Å². The lowest BCUT2D eigenvalue weighted by atomic mass is 9.66. The molecule has 0 heterocycles. The van der Waals surface area contributed by atoms with Crippen LogP contribution in [-0.2, 0) is 0 Å². The van der Waals surface area contributed by atoms with Crippen LogP contribution >= 0.6 is 0 Å². The Kier molecular flexibility index (Phi) is 61.9. The van der Waals surface area contributed by atoms with Crippen LogP contribution in [0, 0.1) is 69.5 Å². The topological polar surface area (TPSA) is 144 Å². The number of hydrogen-bond donors (Lipinski definition) is 12. The molecule has 9 rings (SSSR count). The van der Waals surface area contributed by atoms with Crippen LogP contribution in [0.1, 0.15) is 501 Å². The summed E-state index contributed by atoms with van der Waals surface area (Å²) in [6.07, 6.45) is 26.2. The van der Waals surface area contributed by atoms with Gasteiger partial charge in [-0.3, -0.25) is 0 Å². The Balaban J connectivity index is -0.00000133. The molecule has 0 aromatic heterocycles. The molecule has 9 saturated carbocycles. The van der Waals surface area contributed by atoms with E-state index in [4.69, 9.17) is 0 Å². The van der Waals surface area contributed by atoms with Crippen LogP contribution in [0.15, 0.2) is 0 Å². The minimum Gasteiger partial charge on any atom is -0.312 e. The highest BCUT2D eigenvalue weighted by Crippen LogP contribution is 2.66. The molecule has 0 spiro atoms. The Labute approximate surface area is 801 Å². The molecule has 0 radical (unpaired) electrons. The van der Waals surface area contributed by atoms with Crippen molar-refractivity contribution in [1.82, 2.24) is 63.8 Å². The van der Waals surface area contributed by atoms with Gasteiger partial charge in [-0.1, -0.05) is 275 Å². The Morgan fingerprint density at radius 3 is 0.992 bits per heavy atom. The molecule has 0 bridgehead atoms. The van der Waals surface area contributed by atoms with Gasteiger partial charge >= 0.3 is 0 Å². The van der Waals surface area contributed by atoms with Gasteiger partial charge in [-0.15, -0.1) is 0 Å². The zero-order chi connectivity index (χ0) is 101. The van der Waals surface area contributed by atoms with Crippen molar-refractivity contribution in [1.29, 1.82) is 0 Å². The van der Waals surface area contributed by atoms with Crippen molar-refractivity contribution in [2.24, 2.45) is 69.5 Å². The summed E-state index contributed by atoms with van der Waals surface area (Å²) in [4.78, 5) is 0. The van der Waals surface area contributed by atoms with Crippen molar-refractivity contribution in [3.63, 3.8) is 0 Å². The molecule has 0 aromatic rings. The Bertz CT molecular complexity index is 2650. The van der Waals surface area contributed by atoms with Crippen molar-refractivity contribution < 1.29 is 17.6 Å². The lowest BCUT2D eigenvalue weighted by Crippen LogP contribution is -2.51. The predicted molar refractivity (Wildman–Crippen MR) is 566 cm³/mol. The van der Waals surface area contributed by atoms with Gasteiger partial charge in [-0.05, 0) is 270 Å². The van der Waals surface area contributed by atoms with Gasteiger partial charge in [-0.25, -0.2) is 17.6 Å². The van der Waals surface area contributed by atoms with E-state index in [-0.39, 0.29) is 35.8 Å². The maximum Gasteiger partial charge on any atom is 0.254 e. The second-order valence-corrected chi connectivity index (χ2v) is 52.3. The standard InChI is InChI=1S/C10H17F2N.C10H19F2N.C10H19N.C10H21N.2C10H23N.2C9H19N.2C9H21N.C8H17N.C8H19N/c1-6(2)13-9(3)4-7-8(5-9)10(7,11)12;1-8(2)13-9(3)4-6-10(11,12)7-5-9;1-7(2)11-10(3)5-8-4-9(8)6-10;1-8(2)11-9(3)10(4)6-5-7-10;1-8(2)11-9(3)7-10(4,5)6;1-8(2)7-10(5,6)11-9(3)4;1-7(2)10-9(3,4)8-5-6-8;1-7(2)10-8(3)9-5-4-6-9;1-7(2)10-8(3)9(4,5)6;1-6-8(4)9(5)10-7(2)3;1-7(2)9-8(3)5-4-6-8;1-6(2)8(5)9-7(3)4/h6-8,13H,4-5H2,1-3H3;8,13H,4-7H2,1-3H3;7-9,11H,4-6H2,1-3H3;8-9,11H,5-7H2,1-4H3;2*8-9,11H,7H2,1-6H3;7-8,10H,5-6H2,1-4H3;7-10H,4-6H2,1-3H3;7-8,10H,1-6H3;7-10H,6H2,1-5H3;7,9H,4-6H2,1-3H3;6-9H,1-5H3. The zero-order valence-electron chi connectivity index (χ0n) is 95.9. The molecule has 9 aliphatic rings. The van der Waals surface area contributed by atoms with Crippen molar-refractivity contribution in [2.75, 3.05) is 0 Å². The normalized spacial score (nSPS) is 24.8. The number of alkyl halides is 4. The third kappa shape index (κ3) is 63.7. The third-order valence-corrected chi connectivity index (χ3v) is 27.8. The Morgan fingerprint density at radius 1 is 0.352 bits per heavy atom. The highest BCUT2D eigenvalue weighted by Gasteiger charge is 2.73. The van der Waals surface area contributed by atoms with E-state index in [0.29, 0.717) is 167 Å². The first-order valence-corrected chi connectivity index (χ1v) is 53.7. The summed E-state index contributed by atoms with van der Waals surface area (Å²) in [5.41, 5.74) is 2.98. The Morgan fingerprint density at radius 2 is 0.719 bits per heavy atom. The van der Waals surface area contributed by atoms with E-state index in [9.17, 15) is 17.6 Å². The molecular formula is C112H238F4N12. The summed E-state index contributed by atoms with van der Waals surface area (Å²) in [6.45, 7) is 113. The van der Waals surface area contributed by atoms with Gasteiger partial charge in [0.15, 0.2) is 0 Å². The van der Waals surface area contributed by atoms with Gasteiger partial charge in [0, 0.05) is 167 Å². The van der Waals surface area contributed by atoms with E-state index < -0.39 is 11.8 Å². The van der Waals surface area contributed by atoms with Crippen LogP contribution in [-0.4, -0.2) is 154 Å². The van der Waals surface area contributed by atoms with E-state index in [1.807, 2.05) is 6.92 Å². The summed E-state index contributed by atoms with van der Waals surface area (Å²) >= 11 is 0. The molecule has 11 unspecified atom stereocenters. The minimum atomic E-state index is -2.42. The first kappa shape index (κ1) is 131. The second kappa shape index (κ2) is 60.3. The van der Waals surface area contributed by atoms with E-state index in [0.717, 1.165) is 47.5 Å². The molecule has 0 saturated heterocycles. The smallest absolute Gasteiger partial charge is 0.254 e. The van der Waals surface area contributed by atoms with Gasteiger partial charge in [0.2, 0.25) is 5.92 Å². The number of hydrogen-bond acceptors (Lipinski definition) is 12. The maximum absolute atomic E-state index is 12.9. The summed E-state index contributed by atoms with van der Waals surface area (Å²) in [5.74, 6) is 0.990. The van der Waals surface area contributed by atoms with E-state index in [2.05, 4.69) is 410 Å². The molecule has 774 valence electrons. The third-order valence-electron chi connectivity index (χ3n) is 27.8. The van der Waals surface area contributed by atoms with Gasteiger partial charge in [0.25, 0.3) is 5.92 Å². The second-order valence-electron chi connectivity index (χ2n) is 52.3. The van der Waals surface area contributed by atoms with Crippen LogP contribution in [0.3, 0.4) is 0 Å². The molecule has 9 fully saturated rings. The fourth-order valence-corrected chi connectivity index (χ4v) is 20.4. The van der Waals surface area contributed by atoms with E-state index in [1.54, 1.807) is 0 Å². The van der Waals surface area contributed by atoms with Gasteiger partial charge in [0.05, 0.1) is 0 Å². The van der Waals surface area contributed by atoms with Crippen LogP contribution in [0.5, 0.6) is 0 Å². The minimum absolute atomic E-state index is 0.0310. The summed E-state index contributed by atoms with van der Waals surface area (Å²) in [6, 6.07) is 10.9. The first-order chi connectivity index (χ1) is 57.8. The molecule has 128 heavy (non-hydrogen) atoms. The molecule has 16 heteroatoms. The molecular weight excluding hydrogens is 1590 g/mol. The summed E-state index contributed by atoms with van der Waals surface area (Å²) in [7, 11) is 0. The molecule has 12 nitrogen and oxygen atoms in total. The highest BCUT2D eigenvalue weighted by atomic mass is 19.3. The van der Waals surface area contributed by atoms with Crippen LogP contribution < -0.4 is 63.8 Å². The number of nitrogens with one attached hydrogen (secondary N) is 12. The van der Waals surface area contributed by atoms with Gasteiger partial charge in [0.1, 0.15) is 0 Å². The molecule has 0 aliphatic heterocycles. The molecule has 0 aromatic carbocycles. The quantitative estimate of drug-likeness (QED) is 0.0284. The van der Waals surface area contributed by atoms with Gasteiger partial charge < -0.3 is 63.8 Å². The van der Waals surface area contributed by atoms with Gasteiger partial charge in [-0.2, -0.15) is 0 Å². The summed E-state index contributed by atoms with van der Waals surface area (Å²) < 4.78 is 51.5.